The van der Waals surface area contributed by atoms with Crippen molar-refractivity contribution in [1.82, 2.24) is 4.98 Å². The maximum Gasteiger partial charge on any atom is 0.342 e. The Bertz CT molecular complexity index is 651. The summed E-state index contributed by atoms with van der Waals surface area (Å²) in [5.41, 5.74) is -0.389. The summed E-state index contributed by atoms with van der Waals surface area (Å²) >= 11 is 0. The second kappa shape index (κ2) is 2.98. The van der Waals surface area contributed by atoms with Crippen LogP contribution in [0.1, 0.15) is 11.3 Å². The van der Waals surface area contributed by atoms with E-state index in [1.54, 1.807) is 6.92 Å². The van der Waals surface area contributed by atoms with E-state index in [9.17, 15) is 14.7 Å². The maximum absolute atomic E-state index is 11.5. The molecule has 0 aliphatic rings. The molecule has 2 aromatic heterocycles. The largest absolute Gasteiger partial charge is 0.506 e. The zero-order valence-corrected chi connectivity index (χ0v) is 8.25. The van der Waals surface area contributed by atoms with Gasteiger partial charge in [0.25, 0.3) is 5.56 Å². The number of aryl methyl sites for hydroxylation is 1. The zero-order valence-electron chi connectivity index (χ0n) is 8.25. The van der Waals surface area contributed by atoms with Crippen molar-refractivity contribution in [2.45, 2.75) is 13.8 Å². The average Bonchev–Trinajstić information content (AvgIpc) is 2.13. The van der Waals surface area contributed by atoms with Gasteiger partial charge in [-0.3, -0.25) is 4.79 Å². The number of H-pyrrole nitrogens is 1. The number of nitrogens with one attached hydrogen (secondary N) is 1. The van der Waals surface area contributed by atoms with Gasteiger partial charge in [-0.2, -0.15) is 0 Å². The molecule has 0 amide bonds. The van der Waals surface area contributed by atoms with Gasteiger partial charge in [0.1, 0.15) is 16.7 Å². The number of aromatic amines is 1. The summed E-state index contributed by atoms with van der Waals surface area (Å²) in [6, 6.07) is 1.50. The van der Waals surface area contributed by atoms with Gasteiger partial charge in [0.05, 0.1) is 5.56 Å². The Balaban J connectivity index is 3.13. The van der Waals surface area contributed by atoms with Crippen molar-refractivity contribution in [2.24, 2.45) is 0 Å². The number of hydrogen-bond acceptors (Lipinski definition) is 4. The topological polar surface area (TPSA) is 83.3 Å². The molecule has 0 saturated heterocycles. The minimum absolute atomic E-state index is 0.0118. The van der Waals surface area contributed by atoms with E-state index in [1.807, 2.05) is 0 Å². The molecule has 5 heteroatoms. The zero-order chi connectivity index (χ0) is 11.2. The predicted octanol–water partition coefficient (Wildman–Crippen LogP) is 0.804. The number of hydrogen-bond donors (Lipinski definition) is 2. The quantitative estimate of drug-likeness (QED) is 0.669. The van der Waals surface area contributed by atoms with Gasteiger partial charge in [-0.1, -0.05) is 0 Å². The van der Waals surface area contributed by atoms with Crippen LogP contribution in [-0.4, -0.2) is 10.1 Å². The van der Waals surface area contributed by atoms with Crippen molar-refractivity contribution in [3.05, 3.63) is 38.1 Å². The van der Waals surface area contributed by atoms with E-state index in [4.69, 9.17) is 4.42 Å². The van der Waals surface area contributed by atoms with Crippen LogP contribution in [0.5, 0.6) is 5.75 Å². The SMILES string of the molecule is Cc1cc2oc(=O)c(C)c(O)c2c(=O)[nH]1. The van der Waals surface area contributed by atoms with E-state index in [0.29, 0.717) is 5.69 Å². The van der Waals surface area contributed by atoms with Gasteiger partial charge in [0, 0.05) is 11.8 Å². The van der Waals surface area contributed by atoms with Crippen LogP contribution in [-0.2, 0) is 0 Å². The Labute approximate surface area is 84.0 Å². The molecule has 0 atom stereocenters. The van der Waals surface area contributed by atoms with E-state index in [0.717, 1.165) is 0 Å². The minimum Gasteiger partial charge on any atom is -0.506 e. The van der Waals surface area contributed by atoms with Gasteiger partial charge in [-0.25, -0.2) is 4.79 Å². The van der Waals surface area contributed by atoms with Crippen LogP contribution < -0.4 is 11.2 Å². The normalized spacial score (nSPS) is 10.8. The highest BCUT2D eigenvalue weighted by Crippen LogP contribution is 2.22. The molecule has 5 nitrogen and oxygen atoms in total. The Morgan fingerprint density at radius 1 is 1.33 bits per heavy atom. The van der Waals surface area contributed by atoms with E-state index in [1.165, 1.54) is 13.0 Å². The molecular formula is C10H9NO4. The summed E-state index contributed by atoms with van der Waals surface area (Å²) in [4.78, 5) is 25.3. The van der Waals surface area contributed by atoms with E-state index < -0.39 is 11.2 Å². The second-order valence-corrected chi connectivity index (χ2v) is 3.38. The number of rotatable bonds is 0. The van der Waals surface area contributed by atoms with Crippen LogP contribution in [0.25, 0.3) is 11.0 Å². The first-order valence-electron chi connectivity index (χ1n) is 4.37. The summed E-state index contributed by atoms with van der Waals surface area (Å²) in [7, 11) is 0. The molecule has 78 valence electrons. The van der Waals surface area contributed by atoms with Crippen molar-refractivity contribution in [2.75, 3.05) is 0 Å². The van der Waals surface area contributed by atoms with Crippen molar-refractivity contribution >= 4 is 11.0 Å². The van der Waals surface area contributed by atoms with Crippen LogP contribution in [0.2, 0.25) is 0 Å². The molecule has 0 fully saturated rings. The average molecular weight is 207 g/mol. The summed E-state index contributed by atoms with van der Waals surface area (Å²) in [5.74, 6) is -0.317. The van der Waals surface area contributed by atoms with Crippen molar-refractivity contribution in [3.8, 4) is 5.75 Å². The lowest BCUT2D eigenvalue weighted by Crippen LogP contribution is -2.12. The lowest BCUT2D eigenvalue weighted by atomic mass is 10.2. The first kappa shape index (κ1) is 9.51. The standard InChI is InChI=1S/C10H9NO4/c1-4-3-6-7(9(13)11-4)8(12)5(2)10(14)15-6/h3,12H,1-2H3,(H,11,13). The highest BCUT2D eigenvalue weighted by atomic mass is 16.4. The number of pyridine rings is 1. The molecule has 0 aromatic carbocycles. The molecule has 0 aliphatic heterocycles. The second-order valence-electron chi connectivity index (χ2n) is 3.38. The fourth-order valence-corrected chi connectivity index (χ4v) is 1.42. The Morgan fingerprint density at radius 2 is 2.00 bits per heavy atom. The molecule has 0 saturated carbocycles. The first-order chi connectivity index (χ1) is 7.00. The van der Waals surface area contributed by atoms with E-state index in [2.05, 4.69) is 4.98 Å². The molecule has 2 heterocycles. The molecule has 2 aromatic rings. The summed E-state index contributed by atoms with van der Waals surface area (Å²) in [6.45, 7) is 3.07. The molecular weight excluding hydrogens is 198 g/mol. The highest BCUT2D eigenvalue weighted by molar-refractivity contribution is 5.83. The van der Waals surface area contributed by atoms with Crippen LogP contribution in [0.4, 0.5) is 0 Å². The molecule has 0 spiro atoms. The van der Waals surface area contributed by atoms with Gasteiger partial charge in [0.15, 0.2) is 0 Å². The minimum atomic E-state index is -0.634. The summed E-state index contributed by atoms with van der Waals surface area (Å²) < 4.78 is 4.90. The number of aromatic nitrogens is 1. The number of fused-ring (bicyclic) bond motifs is 1. The third-order valence-electron chi connectivity index (χ3n) is 2.23. The third-order valence-corrected chi connectivity index (χ3v) is 2.23. The first-order valence-corrected chi connectivity index (χ1v) is 4.37. The Morgan fingerprint density at radius 3 is 2.67 bits per heavy atom. The van der Waals surface area contributed by atoms with Gasteiger partial charge < -0.3 is 14.5 Å². The molecule has 0 aliphatic carbocycles. The van der Waals surface area contributed by atoms with Gasteiger partial charge in [0.2, 0.25) is 0 Å². The van der Waals surface area contributed by atoms with E-state index >= 15 is 0 Å². The van der Waals surface area contributed by atoms with Crippen molar-refractivity contribution < 1.29 is 9.52 Å². The predicted molar refractivity (Wildman–Crippen MR) is 54.2 cm³/mol. The molecule has 2 rings (SSSR count). The van der Waals surface area contributed by atoms with E-state index in [-0.39, 0.29) is 22.3 Å². The van der Waals surface area contributed by atoms with Crippen LogP contribution in [0, 0.1) is 13.8 Å². The van der Waals surface area contributed by atoms with Gasteiger partial charge in [-0.15, -0.1) is 0 Å². The van der Waals surface area contributed by atoms with Gasteiger partial charge in [-0.05, 0) is 13.8 Å². The fourth-order valence-electron chi connectivity index (χ4n) is 1.42. The molecule has 15 heavy (non-hydrogen) atoms. The lowest BCUT2D eigenvalue weighted by molar-refractivity contribution is 0.460. The van der Waals surface area contributed by atoms with Crippen LogP contribution in [0.3, 0.4) is 0 Å². The summed E-state index contributed by atoms with van der Waals surface area (Å²) in [6.07, 6.45) is 0. The molecule has 0 unspecified atom stereocenters. The number of aromatic hydroxyl groups is 1. The summed E-state index contributed by atoms with van der Waals surface area (Å²) in [5, 5.41) is 9.64. The molecule has 2 N–H and O–H groups in total. The Hall–Kier alpha value is -2.04. The molecule has 0 radical (unpaired) electrons. The lowest BCUT2D eigenvalue weighted by Gasteiger charge is -2.02. The van der Waals surface area contributed by atoms with Crippen LogP contribution >= 0.6 is 0 Å². The fraction of sp³-hybridized carbons (Fsp3) is 0.200. The monoisotopic (exact) mass is 207 g/mol. The highest BCUT2D eigenvalue weighted by Gasteiger charge is 2.13. The maximum atomic E-state index is 11.5. The molecule has 0 bridgehead atoms. The smallest absolute Gasteiger partial charge is 0.342 e. The van der Waals surface area contributed by atoms with Crippen molar-refractivity contribution in [1.29, 1.82) is 0 Å². The van der Waals surface area contributed by atoms with Gasteiger partial charge >= 0.3 is 5.63 Å². The third kappa shape index (κ3) is 1.32. The Kier molecular flexibility index (Phi) is 1.89. The van der Waals surface area contributed by atoms with Crippen LogP contribution in [0.15, 0.2) is 20.1 Å². The van der Waals surface area contributed by atoms with Crippen molar-refractivity contribution in [3.63, 3.8) is 0 Å².